The highest BCUT2D eigenvalue weighted by Crippen LogP contribution is 2.24. The minimum absolute atomic E-state index is 0. The molecule has 0 amide bonds. The van der Waals surface area contributed by atoms with Crippen molar-refractivity contribution in [3.05, 3.63) is 35.4 Å². The Kier molecular flexibility index (Phi) is 7.96. The minimum Gasteiger partial charge on any atom is -0.370 e. The topological polar surface area (TPSA) is 48.1 Å². The molecule has 0 aromatic heterocycles. The lowest BCUT2D eigenvalue weighted by Crippen LogP contribution is -2.45. The Morgan fingerprint density at radius 1 is 1.08 bits per heavy atom. The smallest absolute Gasteiger partial charge is 0.191 e. The maximum Gasteiger partial charge on any atom is 0.191 e. The fraction of sp³-hybridized carbons (Fsp3) is 0.632. The monoisotopic (exact) mass is 457 g/mol. The molecule has 0 bridgehead atoms. The molecule has 1 saturated carbocycles. The molecule has 2 aliphatic rings. The van der Waals surface area contributed by atoms with E-state index < -0.39 is 0 Å². The van der Waals surface area contributed by atoms with E-state index in [-0.39, 0.29) is 24.0 Å². The number of likely N-dealkylation sites (N-methyl/N-ethyl adjacent to an activating group) is 1. The number of halogens is 1. The second-order valence-electron chi connectivity index (χ2n) is 7.04. The molecular weight excluding hydrogens is 425 g/mol. The zero-order chi connectivity index (χ0) is 16.9. The molecule has 1 aromatic carbocycles. The van der Waals surface area contributed by atoms with E-state index in [1.165, 1.54) is 56.7 Å². The number of benzene rings is 1. The van der Waals surface area contributed by atoms with Crippen LogP contribution in [0.15, 0.2) is 29.3 Å². The summed E-state index contributed by atoms with van der Waals surface area (Å²) in [6.45, 7) is 9.85. The van der Waals surface area contributed by atoms with E-state index >= 15 is 0 Å². The van der Waals surface area contributed by atoms with Crippen molar-refractivity contribution in [1.29, 1.82) is 0 Å². The van der Waals surface area contributed by atoms with Gasteiger partial charge >= 0.3 is 0 Å². The molecule has 3 rings (SSSR count). The molecule has 1 aromatic rings. The van der Waals surface area contributed by atoms with Gasteiger partial charge in [-0.15, -0.1) is 24.0 Å². The van der Waals surface area contributed by atoms with E-state index in [0.717, 1.165) is 6.54 Å². The Labute approximate surface area is 169 Å². The average molecular weight is 457 g/mol. The van der Waals surface area contributed by atoms with Crippen molar-refractivity contribution in [2.24, 2.45) is 10.7 Å². The number of nitrogens with zero attached hydrogens (tertiary/aromatic N) is 4. The molecule has 2 N–H and O–H groups in total. The van der Waals surface area contributed by atoms with Crippen LogP contribution in [0.2, 0.25) is 0 Å². The van der Waals surface area contributed by atoms with Crippen molar-refractivity contribution in [3.63, 3.8) is 0 Å². The molecule has 25 heavy (non-hydrogen) atoms. The first-order valence-electron chi connectivity index (χ1n) is 9.21. The Bertz CT molecular complexity index is 547. The molecule has 2 fully saturated rings. The van der Waals surface area contributed by atoms with Gasteiger partial charge in [-0.25, -0.2) is 4.99 Å². The fourth-order valence-electron chi connectivity index (χ4n) is 3.20. The van der Waals surface area contributed by atoms with Crippen LogP contribution in [-0.2, 0) is 13.1 Å². The van der Waals surface area contributed by atoms with Crippen LogP contribution in [0.3, 0.4) is 0 Å². The van der Waals surface area contributed by atoms with Crippen LogP contribution >= 0.6 is 24.0 Å². The molecule has 0 unspecified atom stereocenters. The van der Waals surface area contributed by atoms with Gasteiger partial charge in [0.15, 0.2) is 5.96 Å². The molecule has 1 aliphatic carbocycles. The number of rotatable bonds is 6. The average Bonchev–Trinajstić information content (AvgIpc) is 3.46. The Morgan fingerprint density at radius 2 is 1.64 bits per heavy atom. The Balaban J connectivity index is 0.00000225. The summed E-state index contributed by atoms with van der Waals surface area (Å²) in [5.41, 5.74) is 8.66. The quantitative estimate of drug-likeness (QED) is 0.405. The zero-order valence-corrected chi connectivity index (χ0v) is 17.9. The third-order valence-corrected chi connectivity index (χ3v) is 5.22. The molecular formula is C19H32IN5. The summed E-state index contributed by atoms with van der Waals surface area (Å²) >= 11 is 0. The van der Waals surface area contributed by atoms with Crippen LogP contribution < -0.4 is 5.73 Å². The third kappa shape index (κ3) is 6.11. The fourth-order valence-corrected chi connectivity index (χ4v) is 3.20. The summed E-state index contributed by atoms with van der Waals surface area (Å²) in [4.78, 5) is 11.7. The number of piperazine rings is 1. The van der Waals surface area contributed by atoms with Gasteiger partial charge in [0.2, 0.25) is 0 Å². The summed E-state index contributed by atoms with van der Waals surface area (Å²) in [5, 5.41) is 0. The van der Waals surface area contributed by atoms with Crippen LogP contribution in [0.5, 0.6) is 0 Å². The summed E-state index contributed by atoms with van der Waals surface area (Å²) < 4.78 is 0. The lowest BCUT2D eigenvalue weighted by molar-refractivity contribution is 0.132. The number of nitrogens with two attached hydrogens (primary N) is 1. The SMILES string of the molecule is CCN1CCN(Cc2ccc(CN=C(N)N(C)C3CC3)cc2)CC1.I. The summed E-state index contributed by atoms with van der Waals surface area (Å²) in [6.07, 6.45) is 2.49. The van der Waals surface area contributed by atoms with Crippen molar-refractivity contribution in [2.75, 3.05) is 39.8 Å². The van der Waals surface area contributed by atoms with Gasteiger partial charge in [-0.2, -0.15) is 0 Å². The van der Waals surface area contributed by atoms with Gasteiger partial charge in [-0.1, -0.05) is 31.2 Å². The largest absolute Gasteiger partial charge is 0.370 e. The van der Waals surface area contributed by atoms with Crippen molar-refractivity contribution >= 4 is 29.9 Å². The summed E-state index contributed by atoms with van der Waals surface area (Å²) in [5.74, 6) is 0.662. The number of aliphatic imine (C=N–C) groups is 1. The van der Waals surface area contributed by atoms with Crippen molar-refractivity contribution < 1.29 is 0 Å². The second-order valence-corrected chi connectivity index (χ2v) is 7.04. The van der Waals surface area contributed by atoms with Gasteiger partial charge in [-0.3, -0.25) is 4.90 Å². The van der Waals surface area contributed by atoms with Crippen LogP contribution in [0.1, 0.15) is 30.9 Å². The molecule has 6 heteroatoms. The summed E-state index contributed by atoms with van der Waals surface area (Å²) in [6, 6.07) is 9.46. The van der Waals surface area contributed by atoms with E-state index in [2.05, 4.69) is 50.9 Å². The molecule has 1 aliphatic heterocycles. The van der Waals surface area contributed by atoms with Crippen LogP contribution in [0.25, 0.3) is 0 Å². The standard InChI is InChI=1S/C19H31N5.HI/c1-3-23-10-12-24(13-11-23)15-17-6-4-16(5-7-17)14-21-19(20)22(2)18-8-9-18;/h4-7,18H,3,8-15H2,1-2H3,(H2,20,21);1H. The van der Waals surface area contributed by atoms with Crippen molar-refractivity contribution in [2.45, 2.75) is 38.9 Å². The van der Waals surface area contributed by atoms with Crippen LogP contribution in [-0.4, -0.2) is 66.5 Å². The number of guanidine groups is 1. The highest BCUT2D eigenvalue weighted by Gasteiger charge is 2.27. The molecule has 140 valence electrons. The number of hydrogen-bond acceptors (Lipinski definition) is 3. The molecule has 0 radical (unpaired) electrons. The highest BCUT2D eigenvalue weighted by molar-refractivity contribution is 14.0. The van der Waals surface area contributed by atoms with E-state index in [1.807, 2.05) is 7.05 Å². The van der Waals surface area contributed by atoms with Gasteiger partial charge in [0.25, 0.3) is 0 Å². The normalized spacial score (nSPS) is 19.5. The van der Waals surface area contributed by atoms with E-state index in [9.17, 15) is 0 Å². The first-order valence-corrected chi connectivity index (χ1v) is 9.21. The third-order valence-electron chi connectivity index (χ3n) is 5.22. The summed E-state index contributed by atoms with van der Waals surface area (Å²) in [7, 11) is 2.04. The second kappa shape index (κ2) is 9.73. The van der Waals surface area contributed by atoms with E-state index in [0.29, 0.717) is 18.5 Å². The predicted octanol–water partition coefficient (Wildman–Crippen LogP) is 2.35. The van der Waals surface area contributed by atoms with Crippen molar-refractivity contribution in [1.82, 2.24) is 14.7 Å². The van der Waals surface area contributed by atoms with Gasteiger partial charge in [-0.05, 0) is 30.5 Å². The lowest BCUT2D eigenvalue weighted by atomic mass is 10.1. The highest BCUT2D eigenvalue weighted by atomic mass is 127. The zero-order valence-electron chi connectivity index (χ0n) is 15.5. The van der Waals surface area contributed by atoms with Crippen LogP contribution in [0, 0.1) is 0 Å². The first kappa shape index (κ1) is 20.5. The van der Waals surface area contributed by atoms with Gasteiger partial charge in [0.05, 0.1) is 6.54 Å². The van der Waals surface area contributed by atoms with E-state index in [1.54, 1.807) is 0 Å². The Hall–Kier alpha value is -0.860. The van der Waals surface area contributed by atoms with Gasteiger partial charge in [0.1, 0.15) is 0 Å². The van der Waals surface area contributed by atoms with Crippen molar-refractivity contribution in [3.8, 4) is 0 Å². The first-order chi connectivity index (χ1) is 11.7. The van der Waals surface area contributed by atoms with Gasteiger partial charge < -0.3 is 15.5 Å². The maximum atomic E-state index is 6.05. The van der Waals surface area contributed by atoms with E-state index in [4.69, 9.17) is 5.73 Å². The number of hydrogen-bond donors (Lipinski definition) is 1. The minimum atomic E-state index is 0. The molecule has 0 atom stereocenters. The predicted molar refractivity (Wildman–Crippen MR) is 115 cm³/mol. The lowest BCUT2D eigenvalue weighted by Gasteiger charge is -2.34. The molecule has 5 nitrogen and oxygen atoms in total. The Morgan fingerprint density at radius 3 is 2.20 bits per heavy atom. The molecule has 1 heterocycles. The molecule has 0 spiro atoms. The molecule has 1 saturated heterocycles. The van der Waals surface area contributed by atoms with Gasteiger partial charge in [0, 0.05) is 45.8 Å². The maximum absolute atomic E-state index is 6.05. The van der Waals surface area contributed by atoms with Crippen LogP contribution in [0.4, 0.5) is 0 Å².